The van der Waals surface area contributed by atoms with E-state index in [0.717, 1.165) is 11.1 Å². The molecular formula is C17H18NO2-. The molecule has 0 aliphatic rings. The molecule has 2 N–H and O–H groups in total. The average molecular weight is 268 g/mol. The number of benzene rings is 2. The molecule has 0 fully saturated rings. The van der Waals surface area contributed by atoms with Crippen molar-refractivity contribution in [1.29, 1.82) is 0 Å². The van der Waals surface area contributed by atoms with Crippen LogP contribution in [0.25, 0.3) is 0 Å². The average Bonchev–Trinajstić information content (AvgIpc) is 2.49. The van der Waals surface area contributed by atoms with E-state index in [2.05, 4.69) is 5.32 Å². The molecule has 0 saturated carbocycles. The van der Waals surface area contributed by atoms with Crippen molar-refractivity contribution in [2.24, 2.45) is 0 Å². The minimum Gasteiger partial charge on any atom is -0.482 e. The highest BCUT2D eigenvalue weighted by molar-refractivity contribution is 5.75. The Morgan fingerprint density at radius 1 is 1.00 bits per heavy atom. The standard InChI is InChI=1S/C17H18NO2/c19-17(20)16(12-11-14-7-3-1-4-8-14)18-13-15-9-5-2-6-10-15/h1-10,12,16,18H,11,13H2,(H,19,20)/q-1/t16-/m0/s1. The van der Waals surface area contributed by atoms with Gasteiger partial charge in [-0.1, -0.05) is 66.2 Å². The van der Waals surface area contributed by atoms with E-state index in [1.54, 1.807) is 6.42 Å². The Hall–Kier alpha value is -2.13. The largest absolute Gasteiger partial charge is 0.482 e. The van der Waals surface area contributed by atoms with Crippen LogP contribution in [0.15, 0.2) is 60.7 Å². The van der Waals surface area contributed by atoms with Gasteiger partial charge in [0, 0.05) is 6.54 Å². The predicted molar refractivity (Wildman–Crippen MR) is 79.2 cm³/mol. The Kier molecular flexibility index (Phi) is 5.33. The van der Waals surface area contributed by atoms with Crippen molar-refractivity contribution in [2.45, 2.75) is 19.0 Å². The number of hydrogen-bond donors (Lipinski definition) is 2. The van der Waals surface area contributed by atoms with E-state index < -0.39 is 12.0 Å². The molecule has 3 nitrogen and oxygen atoms in total. The zero-order chi connectivity index (χ0) is 14.2. The minimum atomic E-state index is -0.850. The van der Waals surface area contributed by atoms with Crippen LogP contribution in [0.2, 0.25) is 0 Å². The molecule has 0 aromatic heterocycles. The number of carboxylic acid groups (broad SMARTS) is 1. The number of carboxylic acids is 1. The molecule has 104 valence electrons. The normalized spacial score (nSPS) is 12.0. The number of aliphatic carboxylic acids is 1. The summed E-state index contributed by atoms with van der Waals surface area (Å²) in [6.45, 7) is 0.545. The number of carbonyl (C=O) groups is 1. The van der Waals surface area contributed by atoms with Crippen LogP contribution in [0.4, 0.5) is 0 Å². The molecule has 0 radical (unpaired) electrons. The summed E-state index contributed by atoms with van der Waals surface area (Å²) in [5.41, 5.74) is 2.19. The Bertz CT molecular complexity index is 482. The molecule has 2 aromatic rings. The second-order valence-electron chi connectivity index (χ2n) is 4.61. The van der Waals surface area contributed by atoms with Gasteiger partial charge in [-0.05, 0) is 11.6 Å². The fraction of sp³-hybridized carbons (Fsp3) is 0.176. The van der Waals surface area contributed by atoms with E-state index in [1.165, 1.54) is 0 Å². The molecule has 0 saturated heterocycles. The van der Waals surface area contributed by atoms with Crippen LogP contribution in [0.5, 0.6) is 0 Å². The van der Waals surface area contributed by atoms with E-state index in [9.17, 15) is 9.90 Å². The smallest absolute Gasteiger partial charge is 0.289 e. The first-order chi connectivity index (χ1) is 9.75. The second-order valence-corrected chi connectivity index (χ2v) is 4.61. The molecule has 0 spiro atoms. The lowest BCUT2D eigenvalue weighted by molar-refractivity contribution is -0.138. The number of nitrogens with one attached hydrogen (secondary N) is 1. The van der Waals surface area contributed by atoms with E-state index in [-0.39, 0.29) is 0 Å². The topological polar surface area (TPSA) is 49.3 Å². The van der Waals surface area contributed by atoms with E-state index in [1.807, 2.05) is 60.7 Å². The molecule has 1 atom stereocenters. The lowest BCUT2D eigenvalue weighted by atomic mass is 10.0. The van der Waals surface area contributed by atoms with Crippen LogP contribution in [0, 0.1) is 6.42 Å². The van der Waals surface area contributed by atoms with Gasteiger partial charge in [-0.2, -0.15) is 6.42 Å². The fourth-order valence-corrected chi connectivity index (χ4v) is 1.96. The third-order valence-electron chi connectivity index (χ3n) is 3.07. The van der Waals surface area contributed by atoms with Crippen molar-refractivity contribution >= 4 is 5.97 Å². The van der Waals surface area contributed by atoms with E-state index >= 15 is 0 Å². The maximum Gasteiger partial charge on any atom is 0.289 e. The molecule has 0 unspecified atom stereocenters. The lowest BCUT2D eigenvalue weighted by Crippen LogP contribution is -2.37. The van der Waals surface area contributed by atoms with Gasteiger partial charge in [0.1, 0.15) is 0 Å². The van der Waals surface area contributed by atoms with E-state index in [0.29, 0.717) is 13.0 Å². The van der Waals surface area contributed by atoms with Crippen LogP contribution in [0.3, 0.4) is 0 Å². The van der Waals surface area contributed by atoms with Gasteiger partial charge >= 0.3 is 0 Å². The summed E-state index contributed by atoms with van der Waals surface area (Å²) in [6.07, 6.45) is 2.43. The monoisotopic (exact) mass is 268 g/mol. The van der Waals surface area contributed by atoms with Crippen LogP contribution >= 0.6 is 0 Å². The molecule has 0 aliphatic carbocycles. The van der Waals surface area contributed by atoms with Gasteiger partial charge in [-0.3, -0.25) is 11.2 Å². The molecule has 0 bridgehead atoms. The van der Waals surface area contributed by atoms with Crippen molar-refractivity contribution < 1.29 is 9.90 Å². The highest BCUT2D eigenvalue weighted by Crippen LogP contribution is 2.06. The Morgan fingerprint density at radius 3 is 2.10 bits per heavy atom. The van der Waals surface area contributed by atoms with Crippen LogP contribution in [0.1, 0.15) is 11.1 Å². The predicted octanol–water partition coefficient (Wildman–Crippen LogP) is 2.68. The first kappa shape index (κ1) is 14.3. The zero-order valence-electron chi connectivity index (χ0n) is 11.2. The highest BCUT2D eigenvalue weighted by atomic mass is 16.4. The summed E-state index contributed by atoms with van der Waals surface area (Å²) in [7, 11) is 0. The SMILES string of the molecule is O=C(O)[C@H]([CH-]Cc1ccccc1)NCc1ccccc1. The summed E-state index contributed by atoms with van der Waals surface area (Å²) in [5, 5.41) is 12.3. The van der Waals surface area contributed by atoms with Gasteiger partial charge in [0.05, 0.1) is 0 Å². The molecule has 20 heavy (non-hydrogen) atoms. The van der Waals surface area contributed by atoms with Crippen molar-refractivity contribution in [3.05, 3.63) is 78.2 Å². The molecule has 0 amide bonds. The first-order valence-corrected chi connectivity index (χ1v) is 6.63. The lowest BCUT2D eigenvalue weighted by Gasteiger charge is -2.23. The highest BCUT2D eigenvalue weighted by Gasteiger charge is 2.07. The molecule has 2 aromatic carbocycles. The van der Waals surface area contributed by atoms with Crippen molar-refractivity contribution in [3.63, 3.8) is 0 Å². The number of hydrogen-bond acceptors (Lipinski definition) is 2. The van der Waals surface area contributed by atoms with Gasteiger partial charge in [0.25, 0.3) is 5.97 Å². The molecule has 0 heterocycles. The summed E-state index contributed by atoms with van der Waals surface area (Å²) in [4.78, 5) is 11.2. The van der Waals surface area contributed by atoms with Crippen LogP contribution in [-0.4, -0.2) is 17.1 Å². The van der Waals surface area contributed by atoms with Crippen LogP contribution in [-0.2, 0) is 17.8 Å². The molecular weight excluding hydrogens is 250 g/mol. The molecule has 2 rings (SSSR count). The Labute approximate surface area is 119 Å². The summed E-state index contributed by atoms with van der Waals surface area (Å²) in [6, 6.07) is 19.0. The molecule has 3 heteroatoms. The molecule has 0 aliphatic heterocycles. The summed E-state index contributed by atoms with van der Waals surface area (Å²) >= 11 is 0. The maximum atomic E-state index is 11.2. The quantitative estimate of drug-likeness (QED) is 0.759. The zero-order valence-corrected chi connectivity index (χ0v) is 11.2. The van der Waals surface area contributed by atoms with Crippen molar-refractivity contribution in [3.8, 4) is 0 Å². The Morgan fingerprint density at radius 2 is 1.55 bits per heavy atom. The van der Waals surface area contributed by atoms with Gasteiger partial charge in [-0.25, -0.2) is 0 Å². The maximum absolute atomic E-state index is 11.2. The second kappa shape index (κ2) is 7.46. The van der Waals surface area contributed by atoms with Gasteiger partial charge < -0.3 is 10.4 Å². The minimum absolute atomic E-state index is 0.545. The summed E-state index contributed by atoms with van der Waals surface area (Å²) < 4.78 is 0. The van der Waals surface area contributed by atoms with Gasteiger partial charge in [0.15, 0.2) is 0 Å². The van der Waals surface area contributed by atoms with Crippen molar-refractivity contribution in [1.82, 2.24) is 5.32 Å². The van der Waals surface area contributed by atoms with Gasteiger partial charge in [-0.15, -0.1) is 0 Å². The third-order valence-corrected chi connectivity index (χ3v) is 3.07. The fourth-order valence-electron chi connectivity index (χ4n) is 1.96. The van der Waals surface area contributed by atoms with Crippen LogP contribution < -0.4 is 5.32 Å². The van der Waals surface area contributed by atoms with Crippen molar-refractivity contribution in [2.75, 3.05) is 0 Å². The Balaban J connectivity index is 1.86. The van der Waals surface area contributed by atoms with E-state index in [4.69, 9.17) is 0 Å². The number of rotatable bonds is 7. The third kappa shape index (κ3) is 4.52. The summed E-state index contributed by atoms with van der Waals surface area (Å²) in [5.74, 6) is -0.850. The van der Waals surface area contributed by atoms with Gasteiger partial charge in [0.2, 0.25) is 0 Å². The first-order valence-electron chi connectivity index (χ1n) is 6.63.